The summed E-state index contributed by atoms with van der Waals surface area (Å²) in [6.07, 6.45) is 0.244. The van der Waals surface area contributed by atoms with Crippen molar-refractivity contribution >= 4 is 30.1 Å². The zero-order valence-corrected chi connectivity index (χ0v) is 16.5. The van der Waals surface area contributed by atoms with Crippen molar-refractivity contribution in [1.29, 1.82) is 0 Å². The van der Waals surface area contributed by atoms with Crippen LogP contribution in [0.2, 0.25) is 0 Å². The number of amides is 1. The van der Waals surface area contributed by atoms with Gasteiger partial charge in [-0.1, -0.05) is 36.4 Å². The zero-order valence-electron chi connectivity index (χ0n) is 15.7. The molecule has 2 aromatic heterocycles. The predicted molar refractivity (Wildman–Crippen MR) is 113 cm³/mol. The van der Waals surface area contributed by atoms with Crippen LogP contribution in [0.1, 0.15) is 28.9 Å². The van der Waals surface area contributed by atoms with Gasteiger partial charge in [0.15, 0.2) is 5.78 Å². The number of carbonyl (C=O) groups excluding carboxylic acids is 2. The first-order valence-electron chi connectivity index (χ1n) is 9.25. The van der Waals surface area contributed by atoms with Crippen molar-refractivity contribution in [3.05, 3.63) is 76.6 Å². The van der Waals surface area contributed by atoms with Gasteiger partial charge >= 0.3 is 7.12 Å². The number of Topliss-reactive ketones (excluding diaryl/α,β-unsaturated/α-hetero) is 1. The summed E-state index contributed by atoms with van der Waals surface area (Å²) in [6, 6.07) is 16.6. The van der Waals surface area contributed by atoms with E-state index in [0.717, 1.165) is 11.1 Å². The van der Waals surface area contributed by atoms with Gasteiger partial charge in [0.2, 0.25) is 5.91 Å². The van der Waals surface area contributed by atoms with Gasteiger partial charge in [0.05, 0.1) is 11.6 Å². The summed E-state index contributed by atoms with van der Waals surface area (Å²) in [5, 5.41) is 25.4. The van der Waals surface area contributed by atoms with Crippen molar-refractivity contribution in [2.75, 3.05) is 0 Å². The average molecular weight is 408 g/mol. The topological polar surface area (TPSA) is 99.5 Å². The molecule has 1 aromatic carbocycles. The Morgan fingerprint density at radius 1 is 1.03 bits per heavy atom. The number of ketones is 1. The Labute approximate surface area is 173 Å². The van der Waals surface area contributed by atoms with Crippen LogP contribution < -0.4 is 5.32 Å². The molecule has 0 radical (unpaired) electrons. The predicted octanol–water partition coefficient (Wildman–Crippen LogP) is 2.51. The Morgan fingerprint density at radius 3 is 2.52 bits per heavy atom. The van der Waals surface area contributed by atoms with E-state index in [1.165, 1.54) is 11.3 Å². The van der Waals surface area contributed by atoms with E-state index in [1.54, 1.807) is 12.1 Å². The minimum absolute atomic E-state index is 0.0101. The van der Waals surface area contributed by atoms with E-state index in [2.05, 4.69) is 10.3 Å². The van der Waals surface area contributed by atoms with Gasteiger partial charge in [-0.15, -0.1) is 0 Å². The maximum absolute atomic E-state index is 12.5. The Hall–Kier alpha value is -2.81. The Kier molecular flexibility index (Phi) is 7.29. The summed E-state index contributed by atoms with van der Waals surface area (Å²) >= 11 is 1.50. The number of aromatic nitrogens is 1. The number of hydrogen-bond donors (Lipinski definition) is 3. The van der Waals surface area contributed by atoms with Crippen molar-refractivity contribution in [3.63, 3.8) is 0 Å². The molecule has 0 aliphatic heterocycles. The fraction of sp³-hybridized carbons (Fsp3) is 0.190. The van der Waals surface area contributed by atoms with Gasteiger partial charge in [-0.2, -0.15) is 11.3 Å². The zero-order chi connectivity index (χ0) is 20.6. The van der Waals surface area contributed by atoms with Crippen LogP contribution in [-0.2, 0) is 11.2 Å². The second kappa shape index (κ2) is 10.1. The van der Waals surface area contributed by atoms with Crippen LogP contribution in [0.5, 0.6) is 0 Å². The molecule has 3 N–H and O–H groups in total. The summed E-state index contributed by atoms with van der Waals surface area (Å²) < 4.78 is 0. The first-order chi connectivity index (χ1) is 14.0. The largest absolute Gasteiger partial charge is 0.475 e. The Balaban J connectivity index is 1.56. The lowest BCUT2D eigenvalue weighted by atomic mass is 9.76. The minimum atomic E-state index is -1.68. The maximum Gasteiger partial charge on any atom is 0.475 e. The maximum atomic E-state index is 12.5. The van der Waals surface area contributed by atoms with E-state index < -0.39 is 19.0 Å². The van der Waals surface area contributed by atoms with Crippen molar-refractivity contribution in [1.82, 2.24) is 10.3 Å². The molecule has 0 spiro atoms. The second-order valence-corrected chi connectivity index (χ2v) is 7.40. The highest BCUT2D eigenvalue weighted by Gasteiger charge is 2.26. The molecule has 8 heteroatoms. The lowest BCUT2D eigenvalue weighted by Crippen LogP contribution is -2.47. The van der Waals surface area contributed by atoms with Crippen LogP contribution >= 0.6 is 11.3 Å². The van der Waals surface area contributed by atoms with Crippen LogP contribution in [0.4, 0.5) is 0 Å². The summed E-state index contributed by atoms with van der Waals surface area (Å²) in [4.78, 5) is 29.1. The highest BCUT2D eigenvalue weighted by atomic mass is 32.1. The van der Waals surface area contributed by atoms with Crippen LogP contribution in [0.25, 0.3) is 11.3 Å². The highest BCUT2D eigenvalue weighted by molar-refractivity contribution is 7.07. The molecule has 3 aromatic rings. The summed E-state index contributed by atoms with van der Waals surface area (Å²) in [5.41, 5.74) is 2.82. The molecule has 0 saturated carbocycles. The van der Waals surface area contributed by atoms with Gasteiger partial charge in [0.1, 0.15) is 5.69 Å². The Morgan fingerprint density at radius 2 is 1.83 bits per heavy atom. The number of pyridine rings is 1. The normalized spacial score (nSPS) is 11.7. The summed E-state index contributed by atoms with van der Waals surface area (Å²) in [5.74, 6) is -1.48. The van der Waals surface area contributed by atoms with Gasteiger partial charge in [0.25, 0.3) is 0 Å². The third-order valence-electron chi connectivity index (χ3n) is 4.43. The van der Waals surface area contributed by atoms with E-state index in [9.17, 15) is 19.6 Å². The monoisotopic (exact) mass is 408 g/mol. The molecule has 1 unspecified atom stereocenters. The van der Waals surface area contributed by atoms with Crippen LogP contribution in [0.3, 0.4) is 0 Å². The van der Waals surface area contributed by atoms with Gasteiger partial charge in [-0.25, -0.2) is 4.98 Å². The summed E-state index contributed by atoms with van der Waals surface area (Å²) in [6.45, 7) is 0. The molecule has 0 fully saturated rings. The minimum Gasteiger partial charge on any atom is -0.426 e. The number of nitrogens with one attached hydrogen (secondary N) is 1. The molecule has 0 saturated heterocycles. The van der Waals surface area contributed by atoms with E-state index in [-0.39, 0.29) is 18.6 Å². The fourth-order valence-electron chi connectivity index (χ4n) is 2.89. The number of carbonyl (C=O) groups is 2. The quantitative estimate of drug-likeness (QED) is 0.373. The number of thiophene rings is 1. The average Bonchev–Trinajstić information content (AvgIpc) is 3.25. The number of rotatable bonds is 9. The van der Waals surface area contributed by atoms with Crippen molar-refractivity contribution in [3.8, 4) is 11.3 Å². The van der Waals surface area contributed by atoms with Gasteiger partial charge in [-0.05, 0) is 40.9 Å². The first-order valence-corrected chi connectivity index (χ1v) is 10.2. The molecule has 148 valence electrons. The lowest BCUT2D eigenvalue weighted by molar-refractivity contribution is -0.121. The van der Waals surface area contributed by atoms with E-state index in [0.29, 0.717) is 17.8 Å². The molecule has 1 atom stereocenters. The van der Waals surface area contributed by atoms with Crippen molar-refractivity contribution < 1.29 is 19.6 Å². The second-order valence-electron chi connectivity index (χ2n) is 6.62. The highest BCUT2D eigenvalue weighted by Crippen LogP contribution is 2.17. The lowest BCUT2D eigenvalue weighted by Gasteiger charge is -2.17. The SMILES string of the molecule is O=C(CCC(=O)c1cccc(-c2ccccc2)n1)NC(Cc1ccsc1)B(O)O. The molecule has 0 aliphatic rings. The first kappa shape index (κ1) is 20.9. The van der Waals surface area contributed by atoms with Crippen LogP contribution in [0.15, 0.2) is 65.4 Å². The molecule has 6 nitrogen and oxygen atoms in total. The number of hydrogen-bond acceptors (Lipinski definition) is 6. The van der Waals surface area contributed by atoms with Gasteiger partial charge < -0.3 is 15.4 Å². The molecule has 0 aliphatic carbocycles. The third kappa shape index (κ3) is 6.09. The molecule has 29 heavy (non-hydrogen) atoms. The van der Waals surface area contributed by atoms with Crippen molar-refractivity contribution in [2.45, 2.75) is 25.2 Å². The van der Waals surface area contributed by atoms with Crippen molar-refractivity contribution in [2.24, 2.45) is 0 Å². The molecule has 1 amide bonds. The van der Waals surface area contributed by atoms with E-state index in [4.69, 9.17) is 0 Å². The summed E-state index contributed by atoms with van der Waals surface area (Å²) in [7, 11) is -1.68. The van der Waals surface area contributed by atoms with Gasteiger partial charge in [0, 0.05) is 18.4 Å². The Bertz CT molecular complexity index is 948. The van der Waals surface area contributed by atoms with Crippen LogP contribution in [-0.4, -0.2) is 39.8 Å². The fourth-order valence-corrected chi connectivity index (χ4v) is 3.57. The molecular formula is C21H21BN2O4S. The smallest absolute Gasteiger partial charge is 0.426 e. The third-order valence-corrected chi connectivity index (χ3v) is 5.16. The molecule has 2 heterocycles. The van der Waals surface area contributed by atoms with E-state index in [1.807, 2.05) is 53.2 Å². The number of benzene rings is 1. The molecule has 0 bridgehead atoms. The van der Waals surface area contributed by atoms with Crippen LogP contribution in [0, 0.1) is 0 Å². The molecular weight excluding hydrogens is 387 g/mol. The van der Waals surface area contributed by atoms with Gasteiger partial charge in [-0.3, -0.25) is 9.59 Å². The standard InChI is InChI=1S/C21H21BN2O4S/c25-19(18-8-4-7-17(23-18)16-5-2-1-3-6-16)9-10-21(26)24-20(22(27)28)13-15-11-12-29-14-15/h1-8,11-12,14,20,27-28H,9-10,13H2,(H,24,26). The molecule has 3 rings (SSSR count). The van der Waals surface area contributed by atoms with E-state index >= 15 is 0 Å². The number of nitrogens with zero attached hydrogens (tertiary/aromatic N) is 1.